The van der Waals surface area contributed by atoms with Gasteiger partial charge in [-0.05, 0) is 26.4 Å². The summed E-state index contributed by atoms with van der Waals surface area (Å²) in [5, 5.41) is 3.32. The van der Waals surface area contributed by atoms with Gasteiger partial charge in [0.15, 0.2) is 0 Å². The number of hydrogen-bond donors (Lipinski definition) is 1. The largest absolute Gasteiger partial charge is 0.319 e. The zero-order chi connectivity index (χ0) is 12.3. The van der Waals surface area contributed by atoms with Crippen LogP contribution in [0.1, 0.15) is 25.2 Å². The molecule has 0 aliphatic carbocycles. The molecule has 1 aliphatic rings. The number of piperidine rings is 1. The van der Waals surface area contributed by atoms with E-state index in [0.717, 1.165) is 30.5 Å². The SMILES string of the molecule is CN(Cc1nccn1C(F)F)C1CCCNC1. The summed E-state index contributed by atoms with van der Waals surface area (Å²) < 4.78 is 26.2. The molecule has 1 saturated heterocycles. The highest BCUT2D eigenvalue weighted by atomic mass is 19.3. The number of nitrogens with one attached hydrogen (secondary N) is 1. The third-order valence-corrected chi connectivity index (χ3v) is 3.24. The molecule has 1 atom stereocenters. The molecule has 17 heavy (non-hydrogen) atoms. The van der Waals surface area contributed by atoms with Gasteiger partial charge in [-0.1, -0.05) is 0 Å². The number of rotatable bonds is 4. The van der Waals surface area contributed by atoms with Gasteiger partial charge in [0, 0.05) is 25.0 Å². The second kappa shape index (κ2) is 5.55. The second-order valence-electron chi connectivity index (χ2n) is 4.44. The molecule has 96 valence electrons. The third kappa shape index (κ3) is 3.01. The molecule has 0 aromatic carbocycles. The first kappa shape index (κ1) is 12.4. The van der Waals surface area contributed by atoms with Gasteiger partial charge in [-0.25, -0.2) is 4.98 Å². The first-order valence-corrected chi connectivity index (χ1v) is 5.89. The molecule has 0 bridgehead atoms. The van der Waals surface area contributed by atoms with E-state index < -0.39 is 6.55 Å². The van der Waals surface area contributed by atoms with Gasteiger partial charge in [0.1, 0.15) is 5.82 Å². The molecule has 2 heterocycles. The van der Waals surface area contributed by atoms with E-state index in [1.807, 2.05) is 7.05 Å². The summed E-state index contributed by atoms with van der Waals surface area (Å²) >= 11 is 0. The van der Waals surface area contributed by atoms with Crippen molar-refractivity contribution in [2.75, 3.05) is 20.1 Å². The lowest BCUT2D eigenvalue weighted by Crippen LogP contribution is -2.44. The fourth-order valence-corrected chi connectivity index (χ4v) is 2.21. The fraction of sp³-hybridized carbons (Fsp3) is 0.727. The Balaban J connectivity index is 1.97. The molecule has 1 aliphatic heterocycles. The van der Waals surface area contributed by atoms with Crippen molar-refractivity contribution in [1.29, 1.82) is 0 Å². The Hall–Kier alpha value is -1.01. The zero-order valence-corrected chi connectivity index (χ0v) is 9.94. The number of halogens is 2. The monoisotopic (exact) mass is 244 g/mol. The predicted octanol–water partition coefficient (Wildman–Crippen LogP) is 1.46. The highest BCUT2D eigenvalue weighted by molar-refractivity contribution is 4.93. The first-order valence-electron chi connectivity index (χ1n) is 5.89. The Morgan fingerprint density at radius 1 is 1.65 bits per heavy atom. The molecule has 1 aromatic rings. The Morgan fingerprint density at radius 2 is 2.47 bits per heavy atom. The topological polar surface area (TPSA) is 33.1 Å². The van der Waals surface area contributed by atoms with Crippen LogP contribution in [0.15, 0.2) is 12.4 Å². The normalized spacial score (nSPS) is 21.4. The zero-order valence-electron chi connectivity index (χ0n) is 9.94. The van der Waals surface area contributed by atoms with Crippen LogP contribution in [0.3, 0.4) is 0 Å². The summed E-state index contributed by atoms with van der Waals surface area (Å²) in [7, 11) is 1.96. The molecule has 1 aromatic heterocycles. The molecule has 0 saturated carbocycles. The average molecular weight is 244 g/mol. The standard InChI is InChI=1S/C11H18F2N4/c1-16(9-3-2-4-14-7-9)8-10-15-5-6-17(10)11(12)13/h5-6,9,11,14H,2-4,7-8H2,1H3. The van der Waals surface area contributed by atoms with Crippen molar-refractivity contribution in [3.63, 3.8) is 0 Å². The molecule has 0 amide bonds. The van der Waals surface area contributed by atoms with Gasteiger partial charge in [-0.2, -0.15) is 8.78 Å². The summed E-state index contributed by atoms with van der Waals surface area (Å²) in [6.45, 7) is -0.0728. The van der Waals surface area contributed by atoms with Crippen molar-refractivity contribution in [3.8, 4) is 0 Å². The number of hydrogen-bond acceptors (Lipinski definition) is 3. The molecule has 1 N–H and O–H groups in total. The average Bonchev–Trinajstić information content (AvgIpc) is 2.78. The highest BCUT2D eigenvalue weighted by Gasteiger charge is 2.20. The van der Waals surface area contributed by atoms with E-state index in [0.29, 0.717) is 18.4 Å². The Bertz CT molecular complexity index is 347. The number of imidazole rings is 1. The molecule has 6 heteroatoms. The quantitative estimate of drug-likeness (QED) is 0.870. The first-order chi connectivity index (χ1) is 8.18. The van der Waals surface area contributed by atoms with Gasteiger partial charge in [0.2, 0.25) is 0 Å². The van der Waals surface area contributed by atoms with Gasteiger partial charge in [0.05, 0.1) is 6.54 Å². The molecular formula is C11H18F2N4. The van der Waals surface area contributed by atoms with E-state index in [2.05, 4.69) is 15.2 Å². The summed E-state index contributed by atoms with van der Waals surface area (Å²) in [4.78, 5) is 6.08. The minimum absolute atomic E-state index is 0.409. The lowest BCUT2D eigenvalue weighted by Gasteiger charge is -2.31. The Morgan fingerprint density at radius 3 is 3.12 bits per heavy atom. The van der Waals surface area contributed by atoms with Crippen molar-refractivity contribution in [3.05, 3.63) is 18.2 Å². The third-order valence-electron chi connectivity index (χ3n) is 3.24. The van der Waals surface area contributed by atoms with Gasteiger partial charge >= 0.3 is 6.55 Å². The maximum Gasteiger partial charge on any atom is 0.319 e. The van der Waals surface area contributed by atoms with E-state index >= 15 is 0 Å². The number of nitrogens with zero attached hydrogens (tertiary/aromatic N) is 3. The van der Waals surface area contributed by atoms with Crippen LogP contribution in [0.4, 0.5) is 8.78 Å². The van der Waals surface area contributed by atoms with Crippen LogP contribution in [0, 0.1) is 0 Å². The molecule has 4 nitrogen and oxygen atoms in total. The lowest BCUT2D eigenvalue weighted by atomic mass is 10.1. The van der Waals surface area contributed by atoms with Crippen LogP contribution in [0.2, 0.25) is 0 Å². The van der Waals surface area contributed by atoms with E-state index in [9.17, 15) is 8.78 Å². The summed E-state index contributed by atoms with van der Waals surface area (Å²) in [6, 6.07) is 0.409. The van der Waals surface area contributed by atoms with Crippen molar-refractivity contribution < 1.29 is 8.78 Å². The maximum absolute atomic E-state index is 12.6. The number of likely N-dealkylation sites (N-methyl/N-ethyl adjacent to an activating group) is 1. The van der Waals surface area contributed by atoms with E-state index in [4.69, 9.17) is 0 Å². The van der Waals surface area contributed by atoms with Gasteiger partial charge in [-0.3, -0.25) is 9.47 Å². The maximum atomic E-state index is 12.6. The van der Waals surface area contributed by atoms with Crippen molar-refractivity contribution in [2.45, 2.75) is 32.0 Å². The van der Waals surface area contributed by atoms with E-state index in [-0.39, 0.29) is 0 Å². The molecule has 0 radical (unpaired) electrons. The van der Waals surface area contributed by atoms with E-state index in [1.165, 1.54) is 12.4 Å². The van der Waals surface area contributed by atoms with Crippen LogP contribution in [-0.4, -0.2) is 40.6 Å². The number of alkyl halides is 2. The smallest absolute Gasteiger partial charge is 0.315 e. The van der Waals surface area contributed by atoms with Gasteiger partial charge in [0.25, 0.3) is 0 Å². The Kier molecular flexibility index (Phi) is 4.06. The fourth-order valence-electron chi connectivity index (χ4n) is 2.21. The Labute approximate surface area is 99.6 Å². The van der Waals surface area contributed by atoms with Crippen molar-refractivity contribution in [2.24, 2.45) is 0 Å². The summed E-state index contributed by atoms with van der Waals surface area (Å²) in [5.74, 6) is 0.424. The predicted molar refractivity (Wildman–Crippen MR) is 60.8 cm³/mol. The molecule has 2 rings (SSSR count). The van der Waals surface area contributed by atoms with E-state index in [1.54, 1.807) is 0 Å². The molecule has 0 spiro atoms. The van der Waals surface area contributed by atoms with Crippen LogP contribution in [0.5, 0.6) is 0 Å². The summed E-state index contributed by atoms with van der Waals surface area (Å²) in [6.07, 6.45) is 5.00. The van der Waals surface area contributed by atoms with Crippen LogP contribution < -0.4 is 5.32 Å². The minimum atomic E-state index is -2.51. The number of aromatic nitrogens is 2. The van der Waals surface area contributed by atoms with Gasteiger partial charge in [-0.15, -0.1) is 0 Å². The highest BCUT2D eigenvalue weighted by Crippen LogP contribution is 2.16. The van der Waals surface area contributed by atoms with Gasteiger partial charge < -0.3 is 5.32 Å². The van der Waals surface area contributed by atoms with Crippen LogP contribution in [0.25, 0.3) is 0 Å². The van der Waals surface area contributed by atoms with Crippen molar-refractivity contribution in [1.82, 2.24) is 19.8 Å². The molecular weight excluding hydrogens is 226 g/mol. The van der Waals surface area contributed by atoms with Crippen LogP contribution >= 0.6 is 0 Å². The van der Waals surface area contributed by atoms with Crippen LogP contribution in [-0.2, 0) is 6.54 Å². The lowest BCUT2D eigenvalue weighted by molar-refractivity contribution is 0.0628. The molecule has 1 fully saturated rings. The van der Waals surface area contributed by atoms with Crippen molar-refractivity contribution >= 4 is 0 Å². The minimum Gasteiger partial charge on any atom is -0.315 e. The summed E-state index contributed by atoms with van der Waals surface area (Å²) in [5.41, 5.74) is 0. The second-order valence-corrected chi connectivity index (χ2v) is 4.44. The molecule has 1 unspecified atom stereocenters.